The van der Waals surface area contributed by atoms with Crippen LogP contribution >= 0.6 is 0 Å². The van der Waals surface area contributed by atoms with Crippen molar-refractivity contribution in [2.75, 3.05) is 5.32 Å². The number of halogens is 1. The van der Waals surface area contributed by atoms with Crippen molar-refractivity contribution in [3.05, 3.63) is 53.7 Å². The van der Waals surface area contributed by atoms with Crippen LogP contribution in [0.3, 0.4) is 0 Å². The van der Waals surface area contributed by atoms with E-state index in [1.807, 2.05) is 0 Å². The Morgan fingerprint density at radius 3 is 2.78 bits per heavy atom. The van der Waals surface area contributed by atoms with E-state index in [0.717, 1.165) is 12.8 Å². The first kappa shape index (κ1) is 15.4. The van der Waals surface area contributed by atoms with Gasteiger partial charge in [-0.1, -0.05) is 31.0 Å². The molecule has 0 radical (unpaired) electrons. The summed E-state index contributed by atoms with van der Waals surface area (Å²) < 4.78 is 13.5. The highest BCUT2D eigenvalue weighted by Crippen LogP contribution is 2.21. The predicted molar refractivity (Wildman–Crippen MR) is 85.5 cm³/mol. The van der Waals surface area contributed by atoms with Gasteiger partial charge >= 0.3 is 0 Å². The standard InChI is InChI=1S/C17H19FN4O/c18-14-8-4-1-5-12(14)10-19-17(23)15-9-16(21-11-20-15)22-13-6-2-3-7-13/h1,4-5,8-9,11,13H,2-3,6-7,10H2,(H,19,23)(H,20,21,22). The molecule has 0 aliphatic heterocycles. The minimum absolute atomic E-state index is 0.126. The van der Waals surface area contributed by atoms with Crippen LogP contribution in [0.2, 0.25) is 0 Å². The lowest BCUT2D eigenvalue weighted by Gasteiger charge is -2.13. The SMILES string of the molecule is O=C(NCc1ccccc1F)c1cc(NC2CCCC2)ncn1. The summed E-state index contributed by atoms with van der Waals surface area (Å²) in [6.45, 7) is 0.126. The quantitative estimate of drug-likeness (QED) is 0.890. The van der Waals surface area contributed by atoms with E-state index in [9.17, 15) is 9.18 Å². The first-order valence-corrected chi connectivity index (χ1v) is 7.82. The molecular weight excluding hydrogens is 295 g/mol. The number of nitrogens with zero attached hydrogens (tertiary/aromatic N) is 2. The number of hydrogen-bond acceptors (Lipinski definition) is 4. The number of carbonyl (C=O) groups is 1. The third-order valence-electron chi connectivity index (χ3n) is 4.00. The van der Waals surface area contributed by atoms with Crippen molar-refractivity contribution in [2.45, 2.75) is 38.3 Å². The Morgan fingerprint density at radius 2 is 2.00 bits per heavy atom. The summed E-state index contributed by atoms with van der Waals surface area (Å²) in [5.41, 5.74) is 0.719. The molecule has 2 N–H and O–H groups in total. The van der Waals surface area contributed by atoms with Crippen molar-refractivity contribution >= 4 is 11.7 Å². The van der Waals surface area contributed by atoms with Crippen molar-refractivity contribution < 1.29 is 9.18 Å². The molecule has 3 rings (SSSR count). The normalized spacial score (nSPS) is 14.7. The summed E-state index contributed by atoms with van der Waals surface area (Å²) in [4.78, 5) is 20.3. The lowest BCUT2D eigenvalue weighted by atomic mass is 10.2. The van der Waals surface area contributed by atoms with Crippen LogP contribution in [-0.4, -0.2) is 21.9 Å². The van der Waals surface area contributed by atoms with Crippen LogP contribution < -0.4 is 10.6 Å². The van der Waals surface area contributed by atoms with Crippen molar-refractivity contribution in [3.8, 4) is 0 Å². The van der Waals surface area contributed by atoms with E-state index in [2.05, 4.69) is 20.6 Å². The molecule has 1 saturated carbocycles. The molecule has 0 bridgehead atoms. The van der Waals surface area contributed by atoms with Crippen LogP contribution in [0.5, 0.6) is 0 Å². The fourth-order valence-corrected chi connectivity index (χ4v) is 2.75. The number of carbonyl (C=O) groups excluding carboxylic acids is 1. The van der Waals surface area contributed by atoms with Gasteiger partial charge in [-0.25, -0.2) is 14.4 Å². The van der Waals surface area contributed by atoms with Gasteiger partial charge in [-0.05, 0) is 18.9 Å². The fourth-order valence-electron chi connectivity index (χ4n) is 2.75. The molecule has 1 aliphatic rings. The highest BCUT2D eigenvalue weighted by Gasteiger charge is 2.16. The van der Waals surface area contributed by atoms with Crippen LogP contribution in [-0.2, 0) is 6.54 Å². The molecule has 1 aromatic heterocycles. The lowest BCUT2D eigenvalue weighted by molar-refractivity contribution is 0.0945. The van der Waals surface area contributed by atoms with Gasteiger partial charge in [0.05, 0.1) is 0 Å². The molecule has 2 aromatic rings. The highest BCUT2D eigenvalue weighted by molar-refractivity contribution is 5.92. The summed E-state index contributed by atoms with van der Waals surface area (Å²) in [7, 11) is 0. The number of benzene rings is 1. The Morgan fingerprint density at radius 1 is 1.22 bits per heavy atom. The van der Waals surface area contributed by atoms with Crippen molar-refractivity contribution in [1.29, 1.82) is 0 Å². The largest absolute Gasteiger partial charge is 0.367 e. The summed E-state index contributed by atoms with van der Waals surface area (Å²) in [5, 5.41) is 6.01. The maximum atomic E-state index is 13.5. The zero-order valence-electron chi connectivity index (χ0n) is 12.8. The highest BCUT2D eigenvalue weighted by atomic mass is 19.1. The molecule has 1 aromatic carbocycles. The van der Waals surface area contributed by atoms with E-state index in [1.54, 1.807) is 24.3 Å². The summed E-state index contributed by atoms with van der Waals surface area (Å²) >= 11 is 0. The Bertz CT molecular complexity index is 686. The summed E-state index contributed by atoms with van der Waals surface area (Å²) in [5.74, 6) is -0.0212. The van der Waals surface area contributed by atoms with E-state index in [0.29, 0.717) is 17.4 Å². The van der Waals surface area contributed by atoms with Gasteiger partial charge in [0.2, 0.25) is 0 Å². The fraction of sp³-hybridized carbons (Fsp3) is 0.353. The maximum absolute atomic E-state index is 13.5. The Balaban J connectivity index is 1.61. The van der Waals surface area contributed by atoms with E-state index < -0.39 is 0 Å². The average Bonchev–Trinajstić information content (AvgIpc) is 3.07. The van der Waals surface area contributed by atoms with Crippen LogP contribution in [0, 0.1) is 5.82 Å². The van der Waals surface area contributed by atoms with Crippen LogP contribution in [0.1, 0.15) is 41.7 Å². The van der Waals surface area contributed by atoms with Gasteiger partial charge < -0.3 is 10.6 Å². The molecular formula is C17H19FN4O. The number of nitrogens with one attached hydrogen (secondary N) is 2. The molecule has 120 valence electrons. The van der Waals surface area contributed by atoms with E-state index in [1.165, 1.54) is 25.2 Å². The molecule has 5 nitrogen and oxygen atoms in total. The van der Waals surface area contributed by atoms with Gasteiger partial charge in [-0.15, -0.1) is 0 Å². The second-order valence-corrected chi connectivity index (χ2v) is 5.69. The lowest BCUT2D eigenvalue weighted by Crippen LogP contribution is -2.25. The van der Waals surface area contributed by atoms with Gasteiger partial charge in [0.15, 0.2) is 0 Å². The van der Waals surface area contributed by atoms with Crippen LogP contribution in [0.4, 0.5) is 10.2 Å². The van der Waals surface area contributed by atoms with Gasteiger partial charge in [-0.2, -0.15) is 0 Å². The van der Waals surface area contributed by atoms with E-state index in [4.69, 9.17) is 0 Å². The number of hydrogen-bond donors (Lipinski definition) is 2. The minimum Gasteiger partial charge on any atom is -0.367 e. The number of anilines is 1. The number of rotatable bonds is 5. The summed E-state index contributed by atoms with van der Waals surface area (Å²) in [6, 6.07) is 8.41. The first-order chi connectivity index (χ1) is 11.2. The molecule has 0 saturated heterocycles. The third-order valence-corrected chi connectivity index (χ3v) is 4.00. The van der Waals surface area contributed by atoms with Gasteiger partial charge in [0, 0.05) is 24.2 Å². The molecule has 23 heavy (non-hydrogen) atoms. The van der Waals surface area contributed by atoms with Crippen molar-refractivity contribution in [1.82, 2.24) is 15.3 Å². The predicted octanol–water partition coefficient (Wildman–Crippen LogP) is 2.90. The molecule has 1 amide bonds. The van der Waals surface area contributed by atoms with Crippen LogP contribution in [0.25, 0.3) is 0 Å². The Hall–Kier alpha value is -2.50. The Labute approximate surface area is 134 Å². The molecule has 0 unspecified atom stereocenters. The van der Waals surface area contributed by atoms with Crippen molar-refractivity contribution in [2.24, 2.45) is 0 Å². The topological polar surface area (TPSA) is 66.9 Å². The number of amides is 1. The second kappa shape index (κ2) is 7.17. The van der Waals surface area contributed by atoms with Gasteiger partial charge in [0.1, 0.15) is 23.7 Å². The Kier molecular flexibility index (Phi) is 4.80. The van der Waals surface area contributed by atoms with Crippen molar-refractivity contribution in [3.63, 3.8) is 0 Å². The molecule has 0 spiro atoms. The van der Waals surface area contributed by atoms with E-state index in [-0.39, 0.29) is 24.0 Å². The maximum Gasteiger partial charge on any atom is 0.270 e. The molecule has 1 heterocycles. The first-order valence-electron chi connectivity index (χ1n) is 7.82. The summed E-state index contributed by atoms with van der Waals surface area (Å²) in [6.07, 6.45) is 6.06. The van der Waals surface area contributed by atoms with E-state index >= 15 is 0 Å². The molecule has 0 atom stereocenters. The van der Waals surface area contributed by atoms with Gasteiger partial charge in [-0.3, -0.25) is 4.79 Å². The zero-order chi connectivity index (χ0) is 16.1. The second-order valence-electron chi connectivity index (χ2n) is 5.69. The monoisotopic (exact) mass is 314 g/mol. The molecule has 6 heteroatoms. The average molecular weight is 314 g/mol. The zero-order valence-corrected chi connectivity index (χ0v) is 12.8. The van der Waals surface area contributed by atoms with Crippen LogP contribution in [0.15, 0.2) is 36.7 Å². The third kappa shape index (κ3) is 4.03. The number of aromatic nitrogens is 2. The smallest absolute Gasteiger partial charge is 0.270 e. The molecule has 1 aliphatic carbocycles. The minimum atomic E-state index is -0.342. The van der Waals surface area contributed by atoms with Gasteiger partial charge in [0.25, 0.3) is 5.91 Å². The molecule has 1 fully saturated rings.